The van der Waals surface area contributed by atoms with Gasteiger partial charge in [-0.1, -0.05) is 12.8 Å². The normalized spacial score (nSPS) is 45.7. The molecule has 2 saturated carbocycles. The van der Waals surface area contributed by atoms with E-state index in [0.29, 0.717) is 0 Å². The van der Waals surface area contributed by atoms with Gasteiger partial charge in [0.25, 0.3) is 0 Å². The Balaban J connectivity index is 1.60. The van der Waals surface area contributed by atoms with Crippen molar-refractivity contribution in [2.24, 2.45) is 11.8 Å². The molecular weight excluding hydrogens is 160 g/mol. The molecule has 3 fully saturated rings. The summed E-state index contributed by atoms with van der Waals surface area (Å²) in [6.45, 7) is 5.04. The van der Waals surface area contributed by atoms with E-state index in [4.69, 9.17) is 0 Å². The summed E-state index contributed by atoms with van der Waals surface area (Å²) in [5.74, 6) is 2.21. The second kappa shape index (κ2) is 3.25. The Morgan fingerprint density at radius 3 is 2.15 bits per heavy atom. The quantitative estimate of drug-likeness (QED) is 0.649. The molecule has 1 heterocycles. The van der Waals surface area contributed by atoms with Crippen molar-refractivity contribution in [2.45, 2.75) is 31.7 Å². The number of rotatable bonds is 1. The predicted octanol–water partition coefficient (Wildman–Crippen LogP) is 1.08. The molecule has 2 aliphatic carbocycles. The second-order valence-electron chi connectivity index (χ2n) is 4.89. The van der Waals surface area contributed by atoms with Crippen molar-refractivity contribution in [1.82, 2.24) is 10.2 Å². The van der Waals surface area contributed by atoms with Crippen LogP contribution < -0.4 is 5.32 Å². The predicted molar refractivity (Wildman–Crippen MR) is 53.7 cm³/mol. The van der Waals surface area contributed by atoms with E-state index in [1.54, 1.807) is 0 Å². The molecule has 0 amide bonds. The van der Waals surface area contributed by atoms with Crippen LogP contribution in [-0.4, -0.2) is 37.1 Å². The van der Waals surface area contributed by atoms with E-state index in [1.165, 1.54) is 51.9 Å². The summed E-state index contributed by atoms with van der Waals surface area (Å²) in [7, 11) is 0. The number of hydrogen-bond donors (Lipinski definition) is 1. The first-order chi connectivity index (χ1) is 6.47. The van der Waals surface area contributed by atoms with Crippen LogP contribution in [-0.2, 0) is 0 Å². The van der Waals surface area contributed by atoms with Crippen LogP contribution in [0.5, 0.6) is 0 Å². The lowest BCUT2D eigenvalue weighted by atomic mass is 10.0. The van der Waals surface area contributed by atoms with Gasteiger partial charge in [0.05, 0.1) is 0 Å². The van der Waals surface area contributed by atoms with Gasteiger partial charge in [-0.15, -0.1) is 0 Å². The van der Waals surface area contributed by atoms with Crippen LogP contribution in [0, 0.1) is 11.8 Å². The average Bonchev–Trinajstić information content (AvgIpc) is 2.93. The van der Waals surface area contributed by atoms with Gasteiger partial charge in [-0.2, -0.15) is 0 Å². The van der Waals surface area contributed by atoms with E-state index in [2.05, 4.69) is 10.2 Å². The molecule has 0 spiro atoms. The number of piperazine rings is 1. The minimum Gasteiger partial charge on any atom is -0.314 e. The Morgan fingerprint density at radius 2 is 1.54 bits per heavy atom. The van der Waals surface area contributed by atoms with Crippen molar-refractivity contribution < 1.29 is 0 Å². The lowest BCUT2D eigenvalue weighted by Gasteiger charge is -2.27. The van der Waals surface area contributed by atoms with Gasteiger partial charge >= 0.3 is 0 Å². The van der Waals surface area contributed by atoms with Crippen molar-refractivity contribution in [1.29, 1.82) is 0 Å². The molecule has 3 rings (SSSR count). The van der Waals surface area contributed by atoms with Crippen molar-refractivity contribution >= 4 is 0 Å². The summed E-state index contributed by atoms with van der Waals surface area (Å²) < 4.78 is 0. The molecule has 1 saturated heterocycles. The van der Waals surface area contributed by atoms with Crippen LogP contribution in [0.3, 0.4) is 0 Å². The molecule has 0 radical (unpaired) electrons. The topological polar surface area (TPSA) is 15.3 Å². The third-order valence-electron chi connectivity index (χ3n) is 4.18. The zero-order valence-corrected chi connectivity index (χ0v) is 8.34. The summed E-state index contributed by atoms with van der Waals surface area (Å²) in [6.07, 6.45) is 6.06. The van der Waals surface area contributed by atoms with Gasteiger partial charge in [-0.25, -0.2) is 0 Å². The molecule has 1 N–H and O–H groups in total. The maximum absolute atomic E-state index is 3.44. The fourth-order valence-corrected chi connectivity index (χ4v) is 3.48. The highest BCUT2D eigenvalue weighted by molar-refractivity contribution is 5.06. The maximum atomic E-state index is 3.44. The number of hydrogen-bond acceptors (Lipinski definition) is 2. The van der Waals surface area contributed by atoms with Crippen molar-refractivity contribution in [3.8, 4) is 0 Å². The Kier molecular flexibility index (Phi) is 2.06. The Labute approximate surface area is 80.7 Å². The fraction of sp³-hybridized carbons (Fsp3) is 1.00. The summed E-state index contributed by atoms with van der Waals surface area (Å²) >= 11 is 0. The third kappa shape index (κ3) is 1.40. The van der Waals surface area contributed by atoms with Gasteiger partial charge in [-0.05, 0) is 24.7 Å². The lowest BCUT2D eigenvalue weighted by molar-refractivity contribution is 0.215. The lowest BCUT2D eigenvalue weighted by Crippen LogP contribution is -2.45. The van der Waals surface area contributed by atoms with E-state index < -0.39 is 0 Å². The zero-order chi connectivity index (χ0) is 8.67. The fourth-order valence-electron chi connectivity index (χ4n) is 3.48. The number of fused-ring (bicyclic) bond motifs is 1. The monoisotopic (exact) mass is 180 g/mol. The number of nitrogens with one attached hydrogen (secondary N) is 1. The first-order valence-electron chi connectivity index (χ1n) is 5.91. The molecule has 2 nitrogen and oxygen atoms in total. The first-order valence-corrected chi connectivity index (χ1v) is 5.91. The molecule has 0 bridgehead atoms. The highest BCUT2D eigenvalue weighted by atomic mass is 15.2. The van der Waals surface area contributed by atoms with E-state index in [0.717, 1.165) is 17.9 Å². The average molecular weight is 180 g/mol. The summed E-state index contributed by atoms with van der Waals surface area (Å²) in [4.78, 5) is 2.75. The summed E-state index contributed by atoms with van der Waals surface area (Å²) in [5.41, 5.74) is 0. The molecule has 0 aromatic rings. The van der Waals surface area contributed by atoms with Crippen molar-refractivity contribution in [3.63, 3.8) is 0 Å². The summed E-state index contributed by atoms with van der Waals surface area (Å²) in [6, 6.07) is 1.00. The number of nitrogens with zero attached hydrogens (tertiary/aromatic N) is 1. The van der Waals surface area contributed by atoms with Gasteiger partial charge in [0.15, 0.2) is 0 Å². The summed E-state index contributed by atoms with van der Waals surface area (Å²) in [5, 5.41) is 3.44. The smallest absolute Gasteiger partial charge is 0.0159 e. The van der Waals surface area contributed by atoms with Crippen molar-refractivity contribution in [2.75, 3.05) is 26.2 Å². The minimum atomic E-state index is 1.00. The molecule has 2 heteroatoms. The molecule has 2 atom stereocenters. The molecular formula is C11H20N2. The van der Waals surface area contributed by atoms with Crippen molar-refractivity contribution in [3.05, 3.63) is 0 Å². The Bertz CT molecular complexity index is 175. The van der Waals surface area contributed by atoms with Crippen LogP contribution in [0.4, 0.5) is 0 Å². The minimum absolute atomic E-state index is 1.00. The van der Waals surface area contributed by atoms with E-state index in [9.17, 15) is 0 Å². The largest absolute Gasteiger partial charge is 0.314 e. The van der Waals surface area contributed by atoms with Gasteiger partial charge in [0.2, 0.25) is 0 Å². The zero-order valence-electron chi connectivity index (χ0n) is 8.34. The standard InChI is InChI=1S/C11H20N2/c1-2-4-10-9(3-1)11(10)13-7-5-12-6-8-13/h9-12H,1-8H2. The highest BCUT2D eigenvalue weighted by Gasteiger charge is 2.53. The molecule has 1 aliphatic heterocycles. The van der Waals surface area contributed by atoms with Gasteiger partial charge in [0.1, 0.15) is 0 Å². The van der Waals surface area contributed by atoms with Crippen LogP contribution in [0.25, 0.3) is 0 Å². The van der Waals surface area contributed by atoms with Crippen LogP contribution in [0.15, 0.2) is 0 Å². The van der Waals surface area contributed by atoms with E-state index >= 15 is 0 Å². The van der Waals surface area contributed by atoms with Gasteiger partial charge in [-0.3, -0.25) is 4.90 Å². The molecule has 74 valence electrons. The second-order valence-corrected chi connectivity index (χ2v) is 4.89. The molecule has 3 aliphatic rings. The third-order valence-corrected chi connectivity index (χ3v) is 4.18. The molecule has 0 aromatic heterocycles. The van der Waals surface area contributed by atoms with Crippen LogP contribution in [0.2, 0.25) is 0 Å². The van der Waals surface area contributed by atoms with Crippen LogP contribution >= 0.6 is 0 Å². The Hall–Kier alpha value is -0.0800. The molecule has 13 heavy (non-hydrogen) atoms. The van der Waals surface area contributed by atoms with Gasteiger partial charge in [0, 0.05) is 32.2 Å². The molecule has 2 unspecified atom stereocenters. The SMILES string of the molecule is C1CCC2C(C1)C2N1CCNCC1. The maximum Gasteiger partial charge on any atom is 0.0159 e. The first kappa shape index (κ1) is 8.25. The van der Waals surface area contributed by atoms with E-state index in [1.807, 2.05) is 0 Å². The molecule has 0 aromatic carbocycles. The van der Waals surface area contributed by atoms with Gasteiger partial charge < -0.3 is 5.32 Å². The van der Waals surface area contributed by atoms with Crippen LogP contribution in [0.1, 0.15) is 25.7 Å². The Morgan fingerprint density at radius 1 is 0.923 bits per heavy atom. The van der Waals surface area contributed by atoms with E-state index in [-0.39, 0.29) is 0 Å². The highest BCUT2D eigenvalue weighted by Crippen LogP contribution is 2.52.